The molecule has 0 saturated heterocycles. The van der Waals surface area contributed by atoms with Gasteiger partial charge in [-0.15, -0.1) is 11.3 Å². The lowest BCUT2D eigenvalue weighted by Gasteiger charge is -2.16. The molecule has 2 rings (SSSR count). The molecule has 2 aromatic heterocycles. The van der Waals surface area contributed by atoms with Gasteiger partial charge in [-0.2, -0.15) is 0 Å². The SMILES string of the molecule is Cc1nc2sc(C(=O)NC(CC(C)C)C(=O)O)c(C)c2c(=O)o1. The minimum atomic E-state index is -1.08. The summed E-state index contributed by atoms with van der Waals surface area (Å²) in [6, 6.07) is -0.974. The number of nitrogens with one attached hydrogen (secondary N) is 1. The van der Waals surface area contributed by atoms with Crippen LogP contribution in [0.3, 0.4) is 0 Å². The Balaban J connectivity index is 2.38. The highest BCUT2D eigenvalue weighted by molar-refractivity contribution is 7.20. The molecule has 124 valence electrons. The molecule has 7 nitrogen and oxygen atoms in total. The van der Waals surface area contributed by atoms with Crippen molar-refractivity contribution < 1.29 is 19.1 Å². The van der Waals surface area contributed by atoms with Gasteiger partial charge in [0, 0.05) is 6.92 Å². The van der Waals surface area contributed by atoms with Gasteiger partial charge in [0.1, 0.15) is 16.3 Å². The van der Waals surface area contributed by atoms with Gasteiger partial charge in [-0.3, -0.25) is 4.79 Å². The van der Waals surface area contributed by atoms with Crippen LogP contribution in [0, 0.1) is 19.8 Å². The molecule has 8 heteroatoms. The number of amides is 1. The first-order valence-corrected chi connectivity index (χ1v) is 7.96. The van der Waals surface area contributed by atoms with Crippen LogP contribution in [0.25, 0.3) is 10.2 Å². The van der Waals surface area contributed by atoms with E-state index in [9.17, 15) is 19.5 Å². The Bertz CT molecular complexity index is 821. The van der Waals surface area contributed by atoms with Crippen LogP contribution in [0.4, 0.5) is 0 Å². The number of aliphatic carboxylic acids is 1. The van der Waals surface area contributed by atoms with Crippen LogP contribution in [0.5, 0.6) is 0 Å². The molecule has 0 fully saturated rings. The lowest BCUT2D eigenvalue weighted by molar-refractivity contribution is -0.139. The fraction of sp³-hybridized carbons (Fsp3) is 0.467. The molecule has 0 saturated carbocycles. The number of nitrogens with zero attached hydrogens (tertiary/aromatic N) is 1. The third-order valence-electron chi connectivity index (χ3n) is 3.35. The second kappa shape index (κ2) is 6.49. The van der Waals surface area contributed by atoms with E-state index in [2.05, 4.69) is 10.3 Å². The Morgan fingerprint density at radius 3 is 2.57 bits per heavy atom. The summed E-state index contributed by atoms with van der Waals surface area (Å²) in [6.45, 7) is 6.94. The van der Waals surface area contributed by atoms with Crippen LogP contribution in [-0.2, 0) is 4.79 Å². The van der Waals surface area contributed by atoms with Gasteiger partial charge in [0.2, 0.25) is 0 Å². The Morgan fingerprint density at radius 2 is 2.00 bits per heavy atom. The van der Waals surface area contributed by atoms with E-state index in [1.54, 1.807) is 13.8 Å². The Hall–Kier alpha value is -2.22. The van der Waals surface area contributed by atoms with Gasteiger partial charge in [0.15, 0.2) is 5.89 Å². The number of thiophene rings is 1. The third kappa shape index (κ3) is 3.58. The summed E-state index contributed by atoms with van der Waals surface area (Å²) < 4.78 is 4.95. The fourth-order valence-corrected chi connectivity index (χ4v) is 3.41. The molecule has 0 aromatic carbocycles. The van der Waals surface area contributed by atoms with E-state index in [0.717, 1.165) is 11.3 Å². The number of carbonyl (C=O) groups excluding carboxylic acids is 1. The average Bonchev–Trinajstić information content (AvgIpc) is 2.74. The number of carboxylic acid groups (broad SMARTS) is 1. The second-order valence-corrected chi connectivity index (χ2v) is 6.75. The highest BCUT2D eigenvalue weighted by Crippen LogP contribution is 2.27. The van der Waals surface area contributed by atoms with Crippen LogP contribution >= 0.6 is 11.3 Å². The van der Waals surface area contributed by atoms with Crippen LogP contribution in [-0.4, -0.2) is 28.0 Å². The smallest absolute Gasteiger partial charge is 0.348 e. The molecule has 1 atom stereocenters. The number of hydrogen-bond donors (Lipinski definition) is 2. The molecule has 2 aromatic rings. The molecule has 0 radical (unpaired) electrons. The summed E-state index contributed by atoms with van der Waals surface area (Å²) in [7, 11) is 0. The topological polar surface area (TPSA) is 110 Å². The van der Waals surface area contributed by atoms with Gasteiger partial charge in [-0.05, 0) is 24.8 Å². The predicted molar refractivity (Wildman–Crippen MR) is 86.0 cm³/mol. The van der Waals surface area contributed by atoms with Crippen molar-refractivity contribution in [3.8, 4) is 0 Å². The van der Waals surface area contributed by atoms with Crippen LogP contribution in [0.2, 0.25) is 0 Å². The number of hydrogen-bond acceptors (Lipinski definition) is 6. The highest BCUT2D eigenvalue weighted by Gasteiger charge is 2.25. The zero-order chi connectivity index (χ0) is 17.3. The largest absolute Gasteiger partial charge is 0.480 e. The van der Waals surface area contributed by atoms with Gasteiger partial charge >= 0.3 is 11.6 Å². The third-order valence-corrected chi connectivity index (χ3v) is 4.53. The molecule has 0 bridgehead atoms. The highest BCUT2D eigenvalue weighted by atomic mass is 32.1. The minimum Gasteiger partial charge on any atom is -0.480 e. The number of aryl methyl sites for hydroxylation is 2. The lowest BCUT2D eigenvalue weighted by Crippen LogP contribution is -2.41. The number of rotatable bonds is 5. The molecule has 0 aliphatic carbocycles. The fourth-order valence-electron chi connectivity index (χ4n) is 2.30. The van der Waals surface area contributed by atoms with E-state index in [4.69, 9.17) is 4.42 Å². The molecular formula is C15H18N2O5S. The first-order valence-electron chi connectivity index (χ1n) is 7.15. The summed E-state index contributed by atoms with van der Waals surface area (Å²) in [5.41, 5.74) is -0.0882. The van der Waals surface area contributed by atoms with Crippen LogP contribution in [0.1, 0.15) is 41.4 Å². The van der Waals surface area contributed by atoms with Gasteiger partial charge in [-0.1, -0.05) is 13.8 Å². The molecule has 2 heterocycles. The van der Waals surface area contributed by atoms with Crippen LogP contribution in [0.15, 0.2) is 9.21 Å². The summed E-state index contributed by atoms with van der Waals surface area (Å²) in [6.07, 6.45) is 0.324. The molecule has 1 amide bonds. The number of carboxylic acids is 1. The predicted octanol–water partition coefficient (Wildman–Crippen LogP) is 2.10. The Morgan fingerprint density at radius 1 is 1.35 bits per heavy atom. The lowest BCUT2D eigenvalue weighted by atomic mass is 10.0. The summed E-state index contributed by atoms with van der Waals surface area (Å²) in [5, 5.41) is 12.0. The summed E-state index contributed by atoms with van der Waals surface area (Å²) >= 11 is 1.06. The van der Waals surface area contributed by atoms with Crippen molar-refractivity contribution in [2.75, 3.05) is 0 Å². The summed E-state index contributed by atoms with van der Waals surface area (Å²) in [5.74, 6) is -1.26. The first-order chi connectivity index (χ1) is 10.7. The maximum Gasteiger partial charge on any atom is 0.348 e. The van der Waals surface area contributed by atoms with Gasteiger partial charge in [0.05, 0.1) is 4.88 Å². The van der Waals surface area contributed by atoms with Crippen molar-refractivity contribution in [2.45, 2.75) is 40.2 Å². The average molecular weight is 338 g/mol. The second-order valence-electron chi connectivity index (χ2n) is 5.75. The van der Waals surface area contributed by atoms with Crippen LogP contribution < -0.4 is 10.9 Å². The quantitative estimate of drug-likeness (QED) is 0.864. The van der Waals surface area contributed by atoms with Crippen molar-refractivity contribution in [1.82, 2.24) is 10.3 Å². The van der Waals surface area contributed by atoms with E-state index in [1.165, 1.54) is 0 Å². The minimum absolute atomic E-state index is 0.122. The summed E-state index contributed by atoms with van der Waals surface area (Å²) in [4.78, 5) is 40.4. The maximum atomic E-state index is 12.4. The van der Waals surface area contributed by atoms with Gasteiger partial charge < -0.3 is 14.8 Å². The number of aromatic nitrogens is 1. The van der Waals surface area contributed by atoms with E-state index in [0.29, 0.717) is 16.8 Å². The van der Waals surface area contributed by atoms with Gasteiger partial charge in [-0.25, -0.2) is 14.6 Å². The van der Waals surface area contributed by atoms with E-state index in [-0.39, 0.29) is 22.1 Å². The molecule has 0 spiro atoms. The number of fused-ring (bicyclic) bond motifs is 1. The van der Waals surface area contributed by atoms with Crippen molar-refractivity contribution in [2.24, 2.45) is 5.92 Å². The van der Waals surface area contributed by atoms with Crippen molar-refractivity contribution in [1.29, 1.82) is 0 Å². The molecule has 2 N–H and O–H groups in total. The normalized spacial score (nSPS) is 12.6. The van der Waals surface area contributed by atoms with E-state index < -0.39 is 23.5 Å². The van der Waals surface area contributed by atoms with Crippen molar-refractivity contribution in [3.05, 3.63) is 26.8 Å². The monoisotopic (exact) mass is 338 g/mol. The van der Waals surface area contributed by atoms with E-state index >= 15 is 0 Å². The zero-order valence-corrected chi connectivity index (χ0v) is 14.1. The van der Waals surface area contributed by atoms with Crippen molar-refractivity contribution in [3.63, 3.8) is 0 Å². The molecule has 0 aliphatic heterocycles. The Labute approximate surface area is 136 Å². The molecule has 23 heavy (non-hydrogen) atoms. The van der Waals surface area contributed by atoms with E-state index in [1.807, 2.05) is 13.8 Å². The van der Waals surface area contributed by atoms with Crippen molar-refractivity contribution >= 4 is 33.4 Å². The zero-order valence-electron chi connectivity index (χ0n) is 13.3. The molecule has 1 unspecified atom stereocenters. The number of carbonyl (C=O) groups is 2. The molecule has 0 aliphatic rings. The Kier molecular flexibility index (Phi) is 4.84. The molecular weight excluding hydrogens is 320 g/mol. The first kappa shape index (κ1) is 17.1. The maximum absolute atomic E-state index is 12.4. The standard InChI is InChI=1S/C15H18N2O5S/c1-6(2)5-9(14(19)20)17-12(18)11-7(3)10-13(23-11)16-8(4)22-15(10)21/h6,9H,5H2,1-4H3,(H,17,18)(H,19,20). The van der Waals surface area contributed by atoms with Gasteiger partial charge in [0.25, 0.3) is 5.91 Å².